The Kier molecular flexibility index (Phi) is 10.6. The SMILES string of the molecule is CC[C@H](C(=O)NC1CCCCC1)N(Cc1ccccc1C)C(=O)CSCc1c(Cl)cccc1Cl. The molecule has 1 atom stereocenters. The van der Waals surface area contributed by atoms with E-state index < -0.39 is 6.04 Å². The minimum atomic E-state index is -0.501. The Balaban J connectivity index is 1.73. The number of nitrogens with one attached hydrogen (secondary N) is 1. The normalized spacial score (nSPS) is 15.1. The lowest BCUT2D eigenvalue weighted by Gasteiger charge is -2.33. The van der Waals surface area contributed by atoms with Gasteiger partial charge in [-0.15, -0.1) is 11.8 Å². The van der Waals surface area contributed by atoms with Crippen LogP contribution < -0.4 is 5.32 Å². The van der Waals surface area contributed by atoms with Crippen LogP contribution in [0.2, 0.25) is 10.0 Å². The Morgan fingerprint density at radius 2 is 1.74 bits per heavy atom. The quantitative estimate of drug-likeness (QED) is 0.375. The summed E-state index contributed by atoms with van der Waals surface area (Å²) in [7, 11) is 0. The molecule has 0 unspecified atom stereocenters. The lowest BCUT2D eigenvalue weighted by atomic mass is 9.95. The summed E-state index contributed by atoms with van der Waals surface area (Å²) in [6.07, 6.45) is 6.12. The van der Waals surface area contributed by atoms with Crippen LogP contribution in [0, 0.1) is 6.92 Å². The van der Waals surface area contributed by atoms with Crippen LogP contribution in [0.1, 0.15) is 62.1 Å². The molecule has 7 heteroatoms. The fourth-order valence-electron chi connectivity index (χ4n) is 4.43. The molecule has 1 aliphatic rings. The standard InChI is InChI=1S/C27H34Cl2N2O2S/c1-3-25(27(33)30-21-12-5-4-6-13-21)31(16-20-11-8-7-10-19(20)2)26(32)18-34-17-22-23(28)14-9-15-24(22)29/h7-11,14-15,21,25H,3-6,12-13,16-18H2,1-2H3,(H,30,33)/t25-/m1/s1. The molecule has 1 saturated carbocycles. The predicted octanol–water partition coefficient (Wildman–Crippen LogP) is 6.79. The average Bonchev–Trinajstić information content (AvgIpc) is 2.82. The molecular formula is C27H34Cl2N2O2S. The number of rotatable bonds is 10. The molecule has 1 N–H and O–H groups in total. The highest BCUT2D eigenvalue weighted by Crippen LogP contribution is 2.29. The third kappa shape index (κ3) is 7.40. The highest BCUT2D eigenvalue weighted by Gasteiger charge is 2.30. The van der Waals surface area contributed by atoms with Crippen LogP contribution in [0.25, 0.3) is 0 Å². The van der Waals surface area contributed by atoms with Gasteiger partial charge in [0.25, 0.3) is 0 Å². The van der Waals surface area contributed by atoms with E-state index in [1.165, 1.54) is 18.2 Å². The van der Waals surface area contributed by atoms with E-state index in [1.807, 2.05) is 44.2 Å². The van der Waals surface area contributed by atoms with Crippen LogP contribution in [0.15, 0.2) is 42.5 Å². The van der Waals surface area contributed by atoms with Gasteiger partial charge in [0.2, 0.25) is 11.8 Å². The number of amides is 2. The van der Waals surface area contributed by atoms with Crippen molar-refractivity contribution in [1.82, 2.24) is 10.2 Å². The zero-order valence-corrected chi connectivity index (χ0v) is 22.3. The second kappa shape index (κ2) is 13.4. The summed E-state index contributed by atoms with van der Waals surface area (Å²) in [4.78, 5) is 28.5. The molecule has 2 amide bonds. The zero-order valence-electron chi connectivity index (χ0n) is 20.0. The van der Waals surface area contributed by atoms with Crippen LogP contribution in [0.5, 0.6) is 0 Å². The van der Waals surface area contributed by atoms with E-state index in [0.29, 0.717) is 28.8 Å². The minimum absolute atomic E-state index is 0.0458. The number of carbonyl (C=O) groups excluding carboxylic acids is 2. The molecule has 0 saturated heterocycles. The maximum Gasteiger partial charge on any atom is 0.243 e. The molecule has 34 heavy (non-hydrogen) atoms. The van der Waals surface area contributed by atoms with E-state index in [1.54, 1.807) is 17.0 Å². The second-order valence-corrected chi connectivity index (χ2v) is 10.7. The van der Waals surface area contributed by atoms with E-state index in [-0.39, 0.29) is 23.6 Å². The smallest absolute Gasteiger partial charge is 0.243 e. The Morgan fingerprint density at radius 1 is 1.06 bits per heavy atom. The van der Waals surface area contributed by atoms with Gasteiger partial charge in [-0.25, -0.2) is 0 Å². The van der Waals surface area contributed by atoms with Crippen LogP contribution in [-0.2, 0) is 21.9 Å². The van der Waals surface area contributed by atoms with E-state index in [0.717, 1.165) is 42.4 Å². The molecule has 2 aromatic carbocycles. The first kappa shape index (κ1) is 26.9. The van der Waals surface area contributed by atoms with Crippen molar-refractivity contribution in [3.63, 3.8) is 0 Å². The molecule has 4 nitrogen and oxygen atoms in total. The Hall–Kier alpha value is -1.69. The van der Waals surface area contributed by atoms with Gasteiger partial charge >= 0.3 is 0 Å². The first-order valence-electron chi connectivity index (χ1n) is 12.1. The monoisotopic (exact) mass is 520 g/mol. The third-order valence-electron chi connectivity index (χ3n) is 6.47. The summed E-state index contributed by atoms with van der Waals surface area (Å²) in [5.74, 6) is 0.686. The summed E-state index contributed by atoms with van der Waals surface area (Å²) in [6.45, 7) is 4.42. The molecule has 184 valence electrons. The molecule has 0 aliphatic heterocycles. The summed E-state index contributed by atoms with van der Waals surface area (Å²) in [6, 6.07) is 13.2. The van der Waals surface area contributed by atoms with E-state index >= 15 is 0 Å². The Morgan fingerprint density at radius 3 is 2.38 bits per heavy atom. The van der Waals surface area contributed by atoms with Crippen molar-refractivity contribution < 1.29 is 9.59 Å². The van der Waals surface area contributed by atoms with Crippen molar-refractivity contribution in [1.29, 1.82) is 0 Å². The van der Waals surface area contributed by atoms with Gasteiger partial charge in [-0.2, -0.15) is 0 Å². The molecule has 0 heterocycles. The molecule has 0 aromatic heterocycles. The molecule has 0 radical (unpaired) electrons. The molecule has 1 aliphatic carbocycles. The van der Waals surface area contributed by atoms with E-state index in [4.69, 9.17) is 23.2 Å². The maximum atomic E-state index is 13.5. The van der Waals surface area contributed by atoms with Crippen molar-refractivity contribution >= 4 is 46.8 Å². The summed E-state index contributed by atoms with van der Waals surface area (Å²) in [5, 5.41) is 4.43. The van der Waals surface area contributed by atoms with Gasteiger partial charge in [0.15, 0.2) is 0 Å². The number of thioether (sulfide) groups is 1. The van der Waals surface area contributed by atoms with Crippen LogP contribution >= 0.6 is 35.0 Å². The van der Waals surface area contributed by atoms with Gasteiger partial charge < -0.3 is 10.2 Å². The summed E-state index contributed by atoms with van der Waals surface area (Å²) in [5.41, 5.74) is 2.99. The van der Waals surface area contributed by atoms with Crippen molar-refractivity contribution in [3.8, 4) is 0 Å². The number of hydrogen-bond acceptors (Lipinski definition) is 3. The van der Waals surface area contributed by atoms with E-state index in [2.05, 4.69) is 5.32 Å². The van der Waals surface area contributed by atoms with Crippen LogP contribution in [0.4, 0.5) is 0 Å². The predicted molar refractivity (Wildman–Crippen MR) is 143 cm³/mol. The minimum Gasteiger partial charge on any atom is -0.352 e. The van der Waals surface area contributed by atoms with Gasteiger partial charge in [0.05, 0.1) is 5.75 Å². The van der Waals surface area contributed by atoms with Gasteiger partial charge in [-0.05, 0) is 55.0 Å². The topological polar surface area (TPSA) is 49.4 Å². The Labute approximate surface area is 217 Å². The lowest BCUT2D eigenvalue weighted by Crippen LogP contribution is -2.52. The first-order valence-corrected chi connectivity index (χ1v) is 14.0. The van der Waals surface area contributed by atoms with Gasteiger partial charge in [0.1, 0.15) is 6.04 Å². The number of halogens is 2. The molecule has 1 fully saturated rings. The highest BCUT2D eigenvalue weighted by molar-refractivity contribution is 7.99. The van der Waals surface area contributed by atoms with Crippen molar-refractivity contribution in [2.45, 2.75) is 76.8 Å². The third-order valence-corrected chi connectivity index (χ3v) is 8.13. The van der Waals surface area contributed by atoms with Crippen LogP contribution in [-0.4, -0.2) is 34.6 Å². The number of hydrogen-bond donors (Lipinski definition) is 1. The molecular weight excluding hydrogens is 487 g/mol. The largest absolute Gasteiger partial charge is 0.352 e. The lowest BCUT2D eigenvalue weighted by molar-refractivity contribution is -0.139. The van der Waals surface area contributed by atoms with Gasteiger partial charge in [-0.1, -0.05) is 79.7 Å². The van der Waals surface area contributed by atoms with Crippen molar-refractivity contribution in [2.24, 2.45) is 0 Å². The first-order chi connectivity index (χ1) is 16.4. The van der Waals surface area contributed by atoms with Gasteiger partial charge in [0, 0.05) is 28.4 Å². The fourth-order valence-corrected chi connectivity index (χ4v) is 6.08. The highest BCUT2D eigenvalue weighted by atomic mass is 35.5. The van der Waals surface area contributed by atoms with Crippen LogP contribution in [0.3, 0.4) is 0 Å². The number of aryl methyl sites for hydroxylation is 1. The van der Waals surface area contributed by atoms with E-state index in [9.17, 15) is 9.59 Å². The van der Waals surface area contributed by atoms with Gasteiger partial charge in [-0.3, -0.25) is 9.59 Å². The molecule has 2 aromatic rings. The Bertz CT molecular complexity index is 959. The number of benzene rings is 2. The van der Waals surface area contributed by atoms with Crippen molar-refractivity contribution in [2.75, 3.05) is 5.75 Å². The summed E-state index contributed by atoms with van der Waals surface area (Å²) >= 11 is 14.1. The number of carbonyl (C=O) groups is 2. The zero-order chi connectivity index (χ0) is 24.5. The molecule has 0 spiro atoms. The van der Waals surface area contributed by atoms with Crippen molar-refractivity contribution in [3.05, 3.63) is 69.2 Å². The summed E-state index contributed by atoms with van der Waals surface area (Å²) < 4.78 is 0. The molecule has 0 bridgehead atoms. The molecule has 3 rings (SSSR count). The number of nitrogens with zero attached hydrogens (tertiary/aromatic N) is 1. The fraction of sp³-hybridized carbons (Fsp3) is 0.481. The second-order valence-electron chi connectivity index (χ2n) is 8.91. The maximum absolute atomic E-state index is 13.5. The average molecular weight is 522 g/mol.